The van der Waals surface area contributed by atoms with Crippen molar-refractivity contribution >= 4 is 23.6 Å². The van der Waals surface area contributed by atoms with Gasteiger partial charge in [-0.3, -0.25) is 29.4 Å². The Morgan fingerprint density at radius 1 is 0.853 bits per heavy atom. The van der Waals surface area contributed by atoms with Crippen molar-refractivity contribution in [1.29, 1.82) is 0 Å². The maximum Gasteiger partial charge on any atom is 0.262 e. The number of fused-ring (bicyclic) bond motifs is 1. The van der Waals surface area contributed by atoms with E-state index in [1.807, 2.05) is 6.07 Å². The molecule has 4 rings (SSSR count). The van der Waals surface area contributed by atoms with Gasteiger partial charge in [-0.1, -0.05) is 69.9 Å². The van der Waals surface area contributed by atoms with E-state index in [4.69, 9.17) is 0 Å². The number of piperidine rings is 1. The van der Waals surface area contributed by atoms with E-state index in [2.05, 4.69) is 43.4 Å². The summed E-state index contributed by atoms with van der Waals surface area (Å²) in [5, 5.41) is 2.22. The summed E-state index contributed by atoms with van der Waals surface area (Å²) in [6.07, 6.45) is 7.64. The van der Waals surface area contributed by atoms with Gasteiger partial charge >= 0.3 is 0 Å². The van der Waals surface area contributed by atoms with E-state index in [0.717, 1.165) is 28.4 Å². The van der Waals surface area contributed by atoms with Crippen LogP contribution in [-0.4, -0.2) is 34.6 Å². The molecule has 1 atom stereocenters. The third-order valence-electron chi connectivity index (χ3n) is 6.72. The molecular formula is C28H32N2O4. The Hall–Kier alpha value is -3.28. The second-order valence-corrected chi connectivity index (χ2v) is 9.75. The lowest BCUT2D eigenvalue weighted by molar-refractivity contribution is -0.136. The molecule has 1 fully saturated rings. The fourth-order valence-electron chi connectivity index (χ4n) is 4.75. The first-order chi connectivity index (χ1) is 16.3. The van der Waals surface area contributed by atoms with E-state index in [0.29, 0.717) is 11.1 Å². The molecule has 0 aromatic heterocycles. The second kappa shape index (κ2) is 10.3. The zero-order valence-corrected chi connectivity index (χ0v) is 19.9. The number of nitrogens with zero attached hydrogens (tertiary/aromatic N) is 1. The van der Waals surface area contributed by atoms with Gasteiger partial charge in [-0.25, -0.2) is 0 Å². The Bertz CT molecular complexity index is 1100. The molecule has 0 saturated carbocycles. The lowest BCUT2D eigenvalue weighted by atomic mass is 9.98. The summed E-state index contributed by atoms with van der Waals surface area (Å²) in [6, 6.07) is 12.6. The van der Waals surface area contributed by atoms with Crippen LogP contribution in [0.4, 0.5) is 0 Å². The lowest BCUT2D eigenvalue weighted by Gasteiger charge is -2.27. The molecule has 2 aliphatic heterocycles. The van der Waals surface area contributed by atoms with Crippen LogP contribution in [0.1, 0.15) is 85.1 Å². The summed E-state index contributed by atoms with van der Waals surface area (Å²) < 4.78 is 0. The first kappa shape index (κ1) is 23.9. The number of imide groups is 2. The monoisotopic (exact) mass is 460 g/mol. The van der Waals surface area contributed by atoms with Gasteiger partial charge in [-0.15, -0.1) is 0 Å². The van der Waals surface area contributed by atoms with Crippen molar-refractivity contribution in [2.75, 3.05) is 0 Å². The van der Waals surface area contributed by atoms with Gasteiger partial charge in [0.05, 0.1) is 11.1 Å². The maximum absolute atomic E-state index is 13.0. The number of nitrogens with one attached hydrogen (secondary N) is 1. The fraction of sp³-hybridized carbons (Fsp3) is 0.429. The average molecular weight is 461 g/mol. The summed E-state index contributed by atoms with van der Waals surface area (Å²) in [7, 11) is 0. The highest BCUT2D eigenvalue weighted by Gasteiger charge is 2.44. The number of hydrogen-bond acceptors (Lipinski definition) is 4. The molecule has 2 aromatic carbocycles. The highest BCUT2D eigenvalue weighted by atomic mass is 16.2. The van der Waals surface area contributed by atoms with Gasteiger partial charge < -0.3 is 0 Å². The Kier molecular flexibility index (Phi) is 7.25. The van der Waals surface area contributed by atoms with Crippen LogP contribution in [-0.2, 0) is 16.0 Å². The molecule has 1 N–H and O–H groups in total. The van der Waals surface area contributed by atoms with E-state index < -0.39 is 23.8 Å². The lowest BCUT2D eigenvalue weighted by Crippen LogP contribution is -2.54. The zero-order valence-electron chi connectivity index (χ0n) is 19.9. The van der Waals surface area contributed by atoms with Crippen LogP contribution in [0.5, 0.6) is 0 Å². The molecule has 0 bridgehead atoms. The minimum atomic E-state index is -0.946. The topological polar surface area (TPSA) is 83.6 Å². The quantitative estimate of drug-likeness (QED) is 0.426. The molecule has 6 nitrogen and oxygen atoms in total. The molecule has 0 aliphatic carbocycles. The predicted octanol–water partition coefficient (Wildman–Crippen LogP) is 4.90. The van der Waals surface area contributed by atoms with Crippen molar-refractivity contribution in [1.82, 2.24) is 10.2 Å². The Morgan fingerprint density at radius 3 is 2.24 bits per heavy atom. The third-order valence-corrected chi connectivity index (χ3v) is 6.72. The zero-order chi connectivity index (χ0) is 24.2. The van der Waals surface area contributed by atoms with Gasteiger partial charge in [-0.2, -0.15) is 0 Å². The molecule has 178 valence electrons. The van der Waals surface area contributed by atoms with E-state index in [9.17, 15) is 19.2 Å². The Labute approximate surface area is 200 Å². The van der Waals surface area contributed by atoms with Crippen LogP contribution in [0.25, 0.3) is 11.1 Å². The SMILES string of the molecule is CC(C)CCCCCCc1ccc(-c2ccc3c(c2)C(=O)N(C2CCC(=O)NC2=O)C3=O)cc1. The Balaban J connectivity index is 1.41. The van der Waals surface area contributed by atoms with Crippen LogP contribution in [0.15, 0.2) is 42.5 Å². The van der Waals surface area contributed by atoms with Gasteiger partial charge in [0.1, 0.15) is 6.04 Å². The molecular weight excluding hydrogens is 428 g/mol. The predicted molar refractivity (Wildman–Crippen MR) is 130 cm³/mol. The summed E-state index contributed by atoms with van der Waals surface area (Å²) in [4.78, 5) is 50.6. The standard InChI is InChI=1S/C28H32N2O4/c1-18(2)7-5-3-4-6-8-19-9-11-20(12-10-19)21-13-14-22-23(17-21)28(34)30(27(22)33)24-15-16-25(31)29-26(24)32/h9-14,17-18,24H,3-8,15-16H2,1-2H3,(H,29,31,32). The van der Waals surface area contributed by atoms with Crippen molar-refractivity contribution in [2.45, 2.75) is 71.3 Å². The number of unbranched alkanes of at least 4 members (excludes halogenated alkanes) is 3. The highest BCUT2D eigenvalue weighted by molar-refractivity contribution is 6.23. The molecule has 0 radical (unpaired) electrons. The molecule has 2 aromatic rings. The van der Waals surface area contributed by atoms with Gasteiger partial charge in [0.2, 0.25) is 11.8 Å². The normalized spacial score (nSPS) is 18.0. The number of amides is 4. The molecule has 1 unspecified atom stereocenters. The highest BCUT2D eigenvalue weighted by Crippen LogP contribution is 2.31. The fourth-order valence-corrected chi connectivity index (χ4v) is 4.75. The second-order valence-electron chi connectivity index (χ2n) is 9.75. The summed E-state index contributed by atoms with van der Waals surface area (Å²) in [5.74, 6) is -1.16. The van der Waals surface area contributed by atoms with Gasteiger partial charge in [0, 0.05) is 6.42 Å². The van der Waals surface area contributed by atoms with Crippen molar-refractivity contribution in [3.63, 3.8) is 0 Å². The molecule has 2 heterocycles. The van der Waals surface area contributed by atoms with Crippen LogP contribution in [0.3, 0.4) is 0 Å². The third kappa shape index (κ3) is 5.11. The molecule has 34 heavy (non-hydrogen) atoms. The number of carbonyl (C=O) groups is 4. The molecule has 0 spiro atoms. The number of aryl methyl sites for hydroxylation is 1. The largest absolute Gasteiger partial charge is 0.295 e. The summed E-state index contributed by atoms with van der Waals surface area (Å²) in [6.45, 7) is 4.54. The van der Waals surface area contributed by atoms with Crippen molar-refractivity contribution in [2.24, 2.45) is 5.92 Å². The van der Waals surface area contributed by atoms with E-state index in [1.54, 1.807) is 12.1 Å². The maximum atomic E-state index is 13.0. The van der Waals surface area contributed by atoms with Crippen LogP contribution < -0.4 is 5.32 Å². The van der Waals surface area contributed by atoms with Gasteiger partial charge in [0.25, 0.3) is 11.8 Å². The van der Waals surface area contributed by atoms with Crippen LogP contribution in [0, 0.1) is 5.92 Å². The van der Waals surface area contributed by atoms with Crippen LogP contribution in [0.2, 0.25) is 0 Å². The summed E-state index contributed by atoms with van der Waals surface area (Å²) >= 11 is 0. The Morgan fingerprint density at radius 2 is 1.53 bits per heavy atom. The van der Waals surface area contributed by atoms with E-state index in [-0.39, 0.29) is 18.7 Å². The first-order valence-corrected chi connectivity index (χ1v) is 12.3. The summed E-state index contributed by atoms with van der Waals surface area (Å²) in [5.41, 5.74) is 3.72. The molecule has 1 saturated heterocycles. The number of carbonyl (C=O) groups excluding carboxylic acids is 4. The molecule has 4 amide bonds. The molecule has 2 aliphatic rings. The number of hydrogen-bond donors (Lipinski definition) is 1. The van der Waals surface area contributed by atoms with Gasteiger partial charge in [-0.05, 0) is 54.0 Å². The van der Waals surface area contributed by atoms with Crippen molar-refractivity contribution < 1.29 is 19.2 Å². The smallest absolute Gasteiger partial charge is 0.262 e. The van der Waals surface area contributed by atoms with E-state index >= 15 is 0 Å². The number of benzene rings is 2. The minimum absolute atomic E-state index is 0.110. The average Bonchev–Trinajstić information content (AvgIpc) is 3.06. The van der Waals surface area contributed by atoms with Crippen LogP contribution >= 0.6 is 0 Å². The van der Waals surface area contributed by atoms with Crippen molar-refractivity contribution in [3.05, 3.63) is 59.2 Å². The first-order valence-electron chi connectivity index (χ1n) is 12.3. The number of rotatable bonds is 9. The van der Waals surface area contributed by atoms with E-state index in [1.165, 1.54) is 37.7 Å². The minimum Gasteiger partial charge on any atom is -0.295 e. The van der Waals surface area contributed by atoms with Gasteiger partial charge in [0.15, 0.2) is 0 Å². The molecule has 6 heteroatoms. The van der Waals surface area contributed by atoms with Crippen molar-refractivity contribution in [3.8, 4) is 11.1 Å².